The summed E-state index contributed by atoms with van der Waals surface area (Å²) < 4.78 is 31.9. The topological polar surface area (TPSA) is 75.7 Å². The average molecular weight is 346 g/mol. The summed E-state index contributed by atoms with van der Waals surface area (Å²) in [5, 5.41) is 4.50. The van der Waals surface area contributed by atoms with Crippen LogP contribution in [0.3, 0.4) is 0 Å². The van der Waals surface area contributed by atoms with Crippen LogP contribution < -0.4 is 5.32 Å². The van der Waals surface area contributed by atoms with Crippen LogP contribution in [0, 0.1) is 5.92 Å². The van der Waals surface area contributed by atoms with E-state index in [9.17, 15) is 13.2 Å². The fourth-order valence-electron chi connectivity index (χ4n) is 2.03. The Hall–Kier alpha value is -0.960. The summed E-state index contributed by atoms with van der Waals surface area (Å²) in [4.78, 5) is 12.7. The molecule has 1 unspecified atom stereocenters. The van der Waals surface area contributed by atoms with Gasteiger partial charge in [-0.25, -0.2) is 8.42 Å². The molecule has 6 nitrogen and oxygen atoms in total. The molecule has 2 rings (SSSR count). The summed E-state index contributed by atoms with van der Waals surface area (Å²) in [6, 6.07) is 1.48. The molecule has 22 heavy (non-hydrogen) atoms. The van der Waals surface area contributed by atoms with Crippen LogP contribution >= 0.6 is 11.3 Å². The Bertz CT molecular complexity index is 619. The zero-order valence-corrected chi connectivity index (χ0v) is 14.7. The van der Waals surface area contributed by atoms with Gasteiger partial charge < -0.3 is 10.1 Å². The molecule has 1 aliphatic heterocycles. The van der Waals surface area contributed by atoms with Crippen molar-refractivity contribution in [2.24, 2.45) is 5.92 Å². The van der Waals surface area contributed by atoms with E-state index in [1.165, 1.54) is 10.4 Å². The zero-order valence-electron chi connectivity index (χ0n) is 13.0. The van der Waals surface area contributed by atoms with Crippen LogP contribution in [0.2, 0.25) is 0 Å². The number of sulfonamides is 1. The number of carbonyl (C=O) groups excluding carboxylic acids is 1. The van der Waals surface area contributed by atoms with Gasteiger partial charge in [0.25, 0.3) is 5.91 Å². The number of nitrogens with one attached hydrogen (secondary N) is 1. The van der Waals surface area contributed by atoms with E-state index in [4.69, 9.17) is 4.74 Å². The van der Waals surface area contributed by atoms with E-state index in [2.05, 4.69) is 5.32 Å². The van der Waals surface area contributed by atoms with Crippen molar-refractivity contribution in [3.05, 3.63) is 16.3 Å². The van der Waals surface area contributed by atoms with Gasteiger partial charge in [0.1, 0.15) is 9.77 Å². The van der Waals surface area contributed by atoms with Crippen molar-refractivity contribution < 1.29 is 17.9 Å². The first kappa shape index (κ1) is 17.4. The number of hydrogen-bond acceptors (Lipinski definition) is 5. The predicted octanol–water partition coefficient (Wildman–Crippen LogP) is 1.54. The molecule has 0 aromatic carbocycles. The largest absolute Gasteiger partial charge is 0.379 e. The van der Waals surface area contributed by atoms with Crippen LogP contribution in [0.5, 0.6) is 0 Å². The molecule has 1 amide bonds. The molecule has 0 spiro atoms. The standard InChI is InChI=1S/C14H22N2O4S2/c1-10(2)11(3)15-14(17)13-12(4-9-21-13)22(18,19)16-5-7-20-8-6-16/h4,9-11H,5-8H2,1-3H3,(H,15,17). The highest BCUT2D eigenvalue weighted by molar-refractivity contribution is 7.89. The summed E-state index contributed by atoms with van der Waals surface area (Å²) in [5.41, 5.74) is 0. The molecule has 0 radical (unpaired) electrons. The molecule has 124 valence electrons. The molecule has 1 saturated heterocycles. The Kier molecular flexibility index (Phi) is 5.60. The van der Waals surface area contributed by atoms with Crippen molar-refractivity contribution in [1.82, 2.24) is 9.62 Å². The fourth-order valence-corrected chi connectivity index (χ4v) is 4.74. The monoisotopic (exact) mass is 346 g/mol. The SMILES string of the molecule is CC(C)C(C)NC(=O)c1sccc1S(=O)(=O)N1CCOCC1. The van der Waals surface area contributed by atoms with Crippen LogP contribution in [-0.4, -0.2) is 51.0 Å². The summed E-state index contributed by atoms with van der Waals surface area (Å²) >= 11 is 1.15. The van der Waals surface area contributed by atoms with Gasteiger partial charge in [0.15, 0.2) is 0 Å². The Morgan fingerprint density at radius 1 is 1.32 bits per heavy atom. The number of nitrogens with zero attached hydrogens (tertiary/aromatic N) is 1. The van der Waals surface area contributed by atoms with Crippen molar-refractivity contribution in [2.45, 2.75) is 31.7 Å². The molecule has 1 aliphatic rings. The quantitative estimate of drug-likeness (QED) is 0.877. The third-order valence-corrected chi connectivity index (χ3v) is 6.77. The van der Waals surface area contributed by atoms with Crippen LogP contribution in [0.15, 0.2) is 16.3 Å². The van der Waals surface area contributed by atoms with Crippen LogP contribution in [0.4, 0.5) is 0 Å². The number of hydrogen-bond donors (Lipinski definition) is 1. The number of thiophene rings is 1. The van der Waals surface area contributed by atoms with Gasteiger partial charge in [0, 0.05) is 19.1 Å². The van der Waals surface area contributed by atoms with Gasteiger partial charge in [-0.15, -0.1) is 11.3 Å². The second-order valence-corrected chi connectivity index (χ2v) is 8.46. The van der Waals surface area contributed by atoms with E-state index in [0.29, 0.717) is 26.3 Å². The van der Waals surface area contributed by atoms with Gasteiger partial charge in [-0.1, -0.05) is 13.8 Å². The van der Waals surface area contributed by atoms with Crippen molar-refractivity contribution >= 4 is 27.3 Å². The van der Waals surface area contributed by atoms with Crippen molar-refractivity contribution in [1.29, 1.82) is 0 Å². The smallest absolute Gasteiger partial charge is 0.262 e. The maximum atomic E-state index is 12.7. The number of rotatable bonds is 5. The molecule has 1 atom stereocenters. The summed E-state index contributed by atoms with van der Waals surface area (Å²) in [6.07, 6.45) is 0. The van der Waals surface area contributed by atoms with E-state index in [0.717, 1.165) is 11.3 Å². The third-order valence-electron chi connectivity index (χ3n) is 3.78. The summed E-state index contributed by atoms with van der Waals surface area (Å²) in [5.74, 6) is -0.0498. The van der Waals surface area contributed by atoms with E-state index in [-0.39, 0.29) is 27.6 Å². The lowest BCUT2D eigenvalue weighted by molar-refractivity contribution is 0.0730. The first-order valence-electron chi connectivity index (χ1n) is 7.30. The minimum absolute atomic E-state index is 0.0199. The molecule has 0 bridgehead atoms. The molecule has 1 aromatic rings. The molecule has 1 aromatic heterocycles. The van der Waals surface area contributed by atoms with Gasteiger partial charge in [-0.3, -0.25) is 4.79 Å². The van der Waals surface area contributed by atoms with Gasteiger partial charge in [-0.05, 0) is 24.3 Å². The highest BCUT2D eigenvalue weighted by Crippen LogP contribution is 2.26. The fraction of sp³-hybridized carbons (Fsp3) is 0.643. The maximum Gasteiger partial charge on any atom is 0.262 e. The van der Waals surface area contributed by atoms with Gasteiger partial charge >= 0.3 is 0 Å². The normalized spacial score (nSPS) is 18.4. The van der Waals surface area contributed by atoms with Crippen molar-refractivity contribution in [3.8, 4) is 0 Å². The Balaban J connectivity index is 2.23. The van der Waals surface area contributed by atoms with Crippen molar-refractivity contribution in [2.75, 3.05) is 26.3 Å². The minimum atomic E-state index is -3.65. The molecule has 0 aliphatic carbocycles. The van der Waals surface area contributed by atoms with Crippen LogP contribution in [0.25, 0.3) is 0 Å². The minimum Gasteiger partial charge on any atom is -0.379 e. The first-order valence-corrected chi connectivity index (χ1v) is 9.62. The highest BCUT2D eigenvalue weighted by atomic mass is 32.2. The molecule has 8 heteroatoms. The first-order chi connectivity index (χ1) is 10.3. The van der Waals surface area contributed by atoms with E-state index < -0.39 is 10.0 Å². The lowest BCUT2D eigenvalue weighted by atomic mass is 10.1. The molecule has 1 N–H and O–H groups in total. The zero-order chi connectivity index (χ0) is 16.3. The Morgan fingerprint density at radius 3 is 2.55 bits per heavy atom. The van der Waals surface area contributed by atoms with Crippen molar-refractivity contribution in [3.63, 3.8) is 0 Å². The highest BCUT2D eigenvalue weighted by Gasteiger charge is 2.31. The van der Waals surface area contributed by atoms with Crippen LogP contribution in [-0.2, 0) is 14.8 Å². The van der Waals surface area contributed by atoms with E-state index >= 15 is 0 Å². The van der Waals surface area contributed by atoms with Gasteiger partial charge in [0.2, 0.25) is 10.0 Å². The second-order valence-electron chi connectivity index (χ2n) is 5.64. The Morgan fingerprint density at radius 2 is 1.95 bits per heavy atom. The molecule has 0 saturated carbocycles. The number of amides is 1. The third kappa shape index (κ3) is 3.68. The molecular weight excluding hydrogens is 324 g/mol. The van der Waals surface area contributed by atoms with Gasteiger partial charge in [0.05, 0.1) is 13.2 Å². The van der Waals surface area contributed by atoms with Gasteiger partial charge in [-0.2, -0.15) is 4.31 Å². The molecular formula is C14H22N2O4S2. The number of ether oxygens (including phenoxy) is 1. The predicted molar refractivity (Wildman–Crippen MR) is 85.7 cm³/mol. The lowest BCUT2D eigenvalue weighted by Gasteiger charge is -2.26. The molecule has 1 fully saturated rings. The summed E-state index contributed by atoms with van der Waals surface area (Å²) in [7, 11) is -3.65. The maximum absolute atomic E-state index is 12.7. The van der Waals surface area contributed by atoms with E-state index in [1.807, 2.05) is 20.8 Å². The summed E-state index contributed by atoms with van der Waals surface area (Å²) in [6.45, 7) is 7.33. The number of morpholine rings is 1. The second kappa shape index (κ2) is 7.08. The average Bonchev–Trinajstić information content (AvgIpc) is 2.98. The van der Waals surface area contributed by atoms with E-state index in [1.54, 1.807) is 5.38 Å². The number of carbonyl (C=O) groups is 1. The molecule has 2 heterocycles. The van der Waals surface area contributed by atoms with Crippen LogP contribution in [0.1, 0.15) is 30.4 Å². The lowest BCUT2D eigenvalue weighted by Crippen LogP contribution is -2.41. The Labute approximate surface area is 135 Å².